The van der Waals surface area contributed by atoms with Gasteiger partial charge in [0.15, 0.2) is 0 Å². The van der Waals surface area contributed by atoms with Crippen molar-refractivity contribution in [1.82, 2.24) is 0 Å². The van der Waals surface area contributed by atoms with Crippen molar-refractivity contribution in [2.24, 2.45) is 5.73 Å². The van der Waals surface area contributed by atoms with Crippen molar-refractivity contribution in [3.63, 3.8) is 0 Å². The van der Waals surface area contributed by atoms with Gasteiger partial charge in [-0.2, -0.15) is 0 Å². The summed E-state index contributed by atoms with van der Waals surface area (Å²) in [6, 6.07) is 6.60. The van der Waals surface area contributed by atoms with Gasteiger partial charge in [-0.15, -0.1) is 0 Å². The van der Waals surface area contributed by atoms with Crippen molar-refractivity contribution in [3.05, 3.63) is 28.2 Å². The molecule has 0 heterocycles. The second-order valence-corrected chi connectivity index (χ2v) is 6.05. The Morgan fingerprint density at radius 2 is 1.74 bits per heavy atom. The average Bonchev–Trinajstić information content (AvgIpc) is 2.39. The average molecular weight is 327 g/mol. The summed E-state index contributed by atoms with van der Waals surface area (Å²) in [5.41, 5.74) is 8.41. The summed E-state index contributed by atoms with van der Waals surface area (Å²) in [6.07, 6.45) is 4.95. The van der Waals surface area contributed by atoms with E-state index in [0.29, 0.717) is 0 Å². The predicted octanol–water partition coefficient (Wildman–Crippen LogP) is 4.88. The van der Waals surface area contributed by atoms with Gasteiger partial charge >= 0.3 is 0 Å². The van der Waals surface area contributed by atoms with Crippen molar-refractivity contribution in [2.45, 2.75) is 52.5 Å². The first-order valence-corrected chi connectivity index (χ1v) is 8.19. The van der Waals surface area contributed by atoms with Crippen LogP contribution in [0.25, 0.3) is 0 Å². The first kappa shape index (κ1) is 16.5. The molecule has 19 heavy (non-hydrogen) atoms. The number of anilines is 1. The van der Waals surface area contributed by atoms with Crippen LogP contribution in [0.4, 0.5) is 5.69 Å². The number of halogens is 1. The minimum Gasteiger partial charge on any atom is -0.371 e. The van der Waals surface area contributed by atoms with Crippen molar-refractivity contribution in [1.29, 1.82) is 0 Å². The van der Waals surface area contributed by atoms with Crippen LogP contribution in [0.15, 0.2) is 22.7 Å². The van der Waals surface area contributed by atoms with E-state index in [9.17, 15) is 0 Å². The molecule has 0 bridgehead atoms. The van der Waals surface area contributed by atoms with Crippen LogP contribution in [0.1, 0.15) is 58.1 Å². The highest BCUT2D eigenvalue weighted by Crippen LogP contribution is 2.29. The molecule has 1 atom stereocenters. The Balaban J connectivity index is 2.87. The molecule has 0 saturated heterocycles. The summed E-state index contributed by atoms with van der Waals surface area (Å²) < 4.78 is 1.16. The molecular formula is C16H27BrN2. The fourth-order valence-corrected chi connectivity index (χ4v) is 2.76. The minimum atomic E-state index is 0.0880. The highest BCUT2D eigenvalue weighted by Gasteiger charge is 2.11. The summed E-state index contributed by atoms with van der Waals surface area (Å²) in [5.74, 6) is 0. The van der Waals surface area contributed by atoms with E-state index in [-0.39, 0.29) is 6.04 Å². The third-order valence-corrected chi connectivity index (χ3v) is 4.04. The molecule has 0 aromatic heterocycles. The second kappa shape index (κ2) is 8.60. The Hall–Kier alpha value is -0.540. The van der Waals surface area contributed by atoms with Crippen LogP contribution in [0.2, 0.25) is 0 Å². The highest BCUT2D eigenvalue weighted by molar-refractivity contribution is 9.10. The summed E-state index contributed by atoms with van der Waals surface area (Å²) in [4.78, 5) is 2.49. The van der Waals surface area contributed by atoms with E-state index in [2.05, 4.69) is 52.9 Å². The van der Waals surface area contributed by atoms with Crippen molar-refractivity contribution >= 4 is 21.6 Å². The largest absolute Gasteiger partial charge is 0.371 e. The van der Waals surface area contributed by atoms with Gasteiger partial charge in [0.25, 0.3) is 0 Å². The molecule has 2 nitrogen and oxygen atoms in total. The molecule has 0 aliphatic heterocycles. The second-order valence-electron chi connectivity index (χ2n) is 5.19. The normalized spacial score (nSPS) is 12.5. The summed E-state index contributed by atoms with van der Waals surface area (Å²) >= 11 is 3.70. The molecule has 1 aromatic rings. The first-order chi connectivity index (χ1) is 9.10. The molecule has 0 saturated carbocycles. The van der Waals surface area contributed by atoms with Crippen molar-refractivity contribution in [2.75, 3.05) is 18.0 Å². The van der Waals surface area contributed by atoms with E-state index in [1.54, 1.807) is 0 Å². The number of nitrogens with two attached hydrogens (primary N) is 1. The van der Waals surface area contributed by atoms with E-state index in [0.717, 1.165) is 17.6 Å². The van der Waals surface area contributed by atoms with E-state index in [1.165, 1.54) is 36.9 Å². The molecular weight excluding hydrogens is 300 g/mol. The Bertz CT molecular complexity index is 369. The third kappa shape index (κ3) is 5.15. The standard InChI is InChI=1S/C16H27BrN2/c1-4-6-10-19(11-7-5-2)16-9-8-14(13(3)18)12-15(16)17/h8-9,12-13H,4-7,10-11,18H2,1-3H3. The monoisotopic (exact) mass is 326 g/mol. The Morgan fingerprint density at radius 1 is 1.16 bits per heavy atom. The van der Waals surface area contributed by atoms with Crippen LogP contribution in [-0.2, 0) is 0 Å². The molecule has 0 radical (unpaired) electrons. The quantitative estimate of drug-likeness (QED) is 0.738. The SMILES string of the molecule is CCCCN(CCCC)c1ccc(C(C)N)cc1Br. The van der Waals surface area contributed by atoms with Gasteiger partial charge in [0.2, 0.25) is 0 Å². The molecule has 3 heteroatoms. The van der Waals surface area contributed by atoms with E-state index < -0.39 is 0 Å². The van der Waals surface area contributed by atoms with Crippen LogP contribution >= 0.6 is 15.9 Å². The molecule has 108 valence electrons. The highest BCUT2D eigenvalue weighted by atomic mass is 79.9. The van der Waals surface area contributed by atoms with Gasteiger partial charge < -0.3 is 10.6 Å². The van der Waals surface area contributed by atoms with Gasteiger partial charge in [-0.25, -0.2) is 0 Å². The molecule has 1 rings (SSSR count). The summed E-state index contributed by atoms with van der Waals surface area (Å²) in [5, 5.41) is 0. The molecule has 0 spiro atoms. The smallest absolute Gasteiger partial charge is 0.0510 e. The zero-order valence-corrected chi connectivity index (χ0v) is 14.0. The maximum atomic E-state index is 5.93. The van der Waals surface area contributed by atoms with E-state index >= 15 is 0 Å². The Labute approximate surface area is 126 Å². The Morgan fingerprint density at radius 3 is 2.16 bits per heavy atom. The maximum Gasteiger partial charge on any atom is 0.0510 e. The molecule has 1 aromatic carbocycles. The molecule has 0 aliphatic rings. The summed E-state index contributed by atoms with van der Waals surface area (Å²) in [6.45, 7) is 8.77. The van der Waals surface area contributed by atoms with Gasteiger partial charge in [-0.05, 0) is 53.4 Å². The van der Waals surface area contributed by atoms with Crippen molar-refractivity contribution < 1.29 is 0 Å². The molecule has 2 N–H and O–H groups in total. The molecule has 1 unspecified atom stereocenters. The fraction of sp³-hybridized carbons (Fsp3) is 0.625. The lowest BCUT2D eigenvalue weighted by Crippen LogP contribution is -2.26. The number of benzene rings is 1. The van der Waals surface area contributed by atoms with Crippen LogP contribution in [-0.4, -0.2) is 13.1 Å². The van der Waals surface area contributed by atoms with E-state index in [4.69, 9.17) is 5.73 Å². The number of hydrogen-bond acceptors (Lipinski definition) is 2. The van der Waals surface area contributed by atoms with Gasteiger partial charge in [0.05, 0.1) is 5.69 Å². The lowest BCUT2D eigenvalue weighted by molar-refractivity contribution is 0.676. The number of hydrogen-bond donors (Lipinski definition) is 1. The zero-order valence-electron chi connectivity index (χ0n) is 12.5. The predicted molar refractivity (Wildman–Crippen MR) is 88.8 cm³/mol. The lowest BCUT2D eigenvalue weighted by Gasteiger charge is -2.26. The van der Waals surface area contributed by atoms with Gasteiger partial charge in [0.1, 0.15) is 0 Å². The van der Waals surface area contributed by atoms with Crippen LogP contribution in [0.3, 0.4) is 0 Å². The minimum absolute atomic E-state index is 0.0880. The fourth-order valence-electron chi connectivity index (χ4n) is 2.11. The van der Waals surface area contributed by atoms with Crippen molar-refractivity contribution in [3.8, 4) is 0 Å². The number of unbranched alkanes of at least 4 members (excludes halogenated alkanes) is 2. The lowest BCUT2D eigenvalue weighted by atomic mass is 10.1. The van der Waals surface area contributed by atoms with Crippen LogP contribution in [0.5, 0.6) is 0 Å². The molecule has 0 fully saturated rings. The molecule has 0 amide bonds. The Kier molecular flexibility index (Phi) is 7.47. The topological polar surface area (TPSA) is 29.3 Å². The third-order valence-electron chi connectivity index (χ3n) is 3.40. The van der Waals surface area contributed by atoms with Gasteiger partial charge in [-0.3, -0.25) is 0 Å². The zero-order chi connectivity index (χ0) is 14.3. The molecule has 0 aliphatic carbocycles. The number of nitrogens with zero attached hydrogens (tertiary/aromatic N) is 1. The maximum absolute atomic E-state index is 5.93. The summed E-state index contributed by atoms with van der Waals surface area (Å²) in [7, 11) is 0. The van der Waals surface area contributed by atoms with Gasteiger partial charge in [-0.1, -0.05) is 32.8 Å². The van der Waals surface area contributed by atoms with Gasteiger partial charge in [0, 0.05) is 23.6 Å². The van der Waals surface area contributed by atoms with Crippen LogP contribution in [0, 0.1) is 0 Å². The van der Waals surface area contributed by atoms with E-state index in [1.807, 2.05) is 6.92 Å². The van der Waals surface area contributed by atoms with Crippen LogP contribution < -0.4 is 10.6 Å². The first-order valence-electron chi connectivity index (χ1n) is 7.40. The number of rotatable bonds is 8.